The second kappa shape index (κ2) is 9.64. The lowest BCUT2D eigenvalue weighted by Gasteiger charge is -2.36. The van der Waals surface area contributed by atoms with Gasteiger partial charge in [0.2, 0.25) is 0 Å². The number of amides is 2. The van der Waals surface area contributed by atoms with Gasteiger partial charge in [0.25, 0.3) is 0 Å². The number of hydrogen-bond acceptors (Lipinski definition) is 2. The fraction of sp³-hybridized carbons (Fsp3) is 0.875. The highest BCUT2D eigenvalue weighted by Gasteiger charge is 2.27. The van der Waals surface area contributed by atoms with Gasteiger partial charge in [0, 0.05) is 18.1 Å². The number of unbranched alkanes of at least 4 members (excludes halogenated alkanes) is 3. The second-order valence-corrected chi connectivity index (χ2v) is 6.67. The molecule has 2 amide bonds. The van der Waals surface area contributed by atoms with Gasteiger partial charge in [0.15, 0.2) is 0 Å². The maximum Gasteiger partial charge on any atom is 0.318 e. The van der Waals surface area contributed by atoms with Crippen LogP contribution in [-0.4, -0.2) is 40.1 Å². The van der Waals surface area contributed by atoms with Crippen molar-refractivity contribution in [2.45, 2.75) is 84.7 Å². The van der Waals surface area contributed by atoms with Crippen molar-refractivity contribution in [2.75, 3.05) is 6.54 Å². The summed E-state index contributed by atoms with van der Waals surface area (Å²) in [6.45, 7) is 10.2. The Kier molecular flexibility index (Phi) is 9.06. The molecule has 1 atom stereocenters. The summed E-state index contributed by atoms with van der Waals surface area (Å²) in [5, 5.41) is 11.8. The number of aliphatic carboxylic acids is 1. The lowest BCUT2D eigenvalue weighted by Crippen LogP contribution is -2.52. The van der Waals surface area contributed by atoms with Crippen LogP contribution in [0.25, 0.3) is 0 Å². The molecule has 0 aliphatic carbocycles. The first-order valence-electron chi connectivity index (χ1n) is 7.98. The van der Waals surface area contributed by atoms with E-state index in [2.05, 4.69) is 12.2 Å². The zero-order valence-corrected chi connectivity index (χ0v) is 14.2. The van der Waals surface area contributed by atoms with Gasteiger partial charge >= 0.3 is 12.0 Å². The molecule has 0 heterocycles. The Morgan fingerprint density at radius 3 is 2.29 bits per heavy atom. The third-order valence-electron chi connectivity index (χ3n) is 3.46. The van der Waals surface area contributed by atoms with Crippen LogP contribution in [0.5, 0.6) is 0 Å². The van der Waals surface area contributed by atoms with Gasteiger partial charge in [0.05, 0.1) is 6.42 Å². The van der Waals surface area contributed by atoms with Gasteiger partial charge in [-0.2, -0.15) is 0 Å². The molecule has 0 rings (SSSR count). The lowest BCUT2D eigenvalue weighted by atomic mass is 10.1. The summed E-state index contributed by atoms with van der Waals surface area (Å²) in [4.78, 5) is 24.6. The Balaban J connectivity index is 4.36. The number of carboxylic acids is 1. The first kappa shape index (κ1) is 19.7. The molecule has 0 radical (unpaired) electrons. The fourth-order valence-electron chi connectivity index (χ4n) is 2.19. The molecule has 124 valence electrons. The van der Waals surface area contributed by atoms with Crippen molar-refractivity contribution >= 4 is 12.0 Å². The Labute approximate surface area is 129 Å². The van der Waals surface area contributed by atoms with Gasteiger partial charge in [-0.3, -0.25) is 4.79 Å². The fourth-order valence-corrected chi connectivity index (χ4v) is 2.19. The smallest absolute Gasteiger partial charge is 0.318 e. The minimum absolute atomic E-state index is 0.0322. The lowest BCUT2D eigenvalue weighted by molar-refractivity contribution is -0.137. The van der Waals surface area contributed by atoms with Crippen molar-refractivity contribution < 1.29 is 14.7 Å². The summed E-state index contributed by atoms with van der Waals surface area (Å²) in [7, 11) is 0. The van der Waals surface area contributed by atoms with Crippen molar-refractivity contribution in [3.05, 3.63) is 0 Å². The molecular formula is C16H32N2O3. The van der Waals surface area contributed by atoms with Crippen molar-refractivity contribution in [2.24, 2.45) is 0 Å². The van der Waals surface area contributed by atoms with Gasteiger partial charge in [-0.05, 0) is 34.1 Å². The Morgan fingerprint density at radius 1 is 1.19 bits per heavy atom. The molecular weight excluding hydrogens is 268 g/mol. The number of nitrogens with zero attached hydrogens (tertiary/aromatic N) is 1. The number of nitrogens with one attached hydrogen (secondary N) is 1. The van der Waals surface area contributed by atoms with Crippen LogP contribution >= 0.6 is 0 Å². The van der Waals surface area contributed by atoms with E-state index in [0.29, 0.717) is 0 Å². The summed E-state index contributed by atoms with van der Waals surface area (Å²) >= 11 is 0. The van der Waals surface area contributed by atoms with Gasteiger partial charge in [0.1, 0.15) is 0 Å². The zero-order valence-electron chi connectivity index (χ0n) is 14.2. The first-order chi connectivity index (χ1) is 9.68. The maximum absolute atomic E-state index is 12.3. The largest absolute Gasteiger partial charge is 0.481 e. The molecule has 5 heteroatoms. The van der Waals surface area contributed by atoms with Crippen LogP contribution in [-0.2, 0) is 4.79 Å². The summed E-state index contributed by atoms with van der Waals surface area (Å²) in [5.74, 6) is -0.885. The molecule has 0 aromatic rings. The van der Waals surface area contributed by atoms with Crippen molar-refractivity contribution in [1.29, 1.82) is 0 Å². The van der Waals surface area contributed by atoms with Crippen LogP contribution < -0.4 is 5.32 Å². The van der Waals surface area contributed by atoms with E-state index in [1.165, 1.54) is 19.3 Å². The zero-order chi connectivity index (χ0) is 16.5. The molecule has 21 heavy (non-hydrogen) atoms. The van der Waals surface area contributed by atoms with Crippen LogP contribution in [0.4, 0.5) is 4.79 Å². The standard InChI is InChI=1S/C16H32N2O3/c1-6-7-8-9-10-13(2)17-15(21)18(16(3,4)5)12-11-14(19)20/h13H,6-12H2,1-5H3,(H,17,21)(H,19,20). The van der Waals surface area contributed by atoms with E-state index in [1.54, 1.807) is 4.90 Å². The first-order valence-corrected chi connectivity index (χ1v) is 7.98. The third-order valence-corrected chi connectivity index (χ3v) is 3.46. The normalized spacial score (nSPS) is 12.8. The highest BCUT2D eigenvalue weighted by atomic mass is 16.4. The SMILES string of the molecule is CCCCCCC(C)NC(=O)N(CCC(=O)O)C(C)(C)C. The quantitative estimate of drug-likeness (QED) is 0.639. The topological polar surface area (TPSA) is 69.6 Å². The Hall–Kier alpha value is -1.26. The monoisotopic (exact) mass is 300 g/mol. The molecule has 0 aromatic heterocycles. The van der Waals surface area contributed by atoms with Gasteiger partial charge in [-0.25, -0.2) is 4.79 Å². The molecule has 0 aromatic carbocycles. The predicted molar refractivity (Wildman–Crippen MR) is 85.5 cm³/mol. The van der Waals surface area contributed by atoms with Gasteiger partial charge in [-0.15, -0.1) is 0 Å². The van der Waals surface area contributed by atoms with E-state index in [4.69, 9.17) is 5.11 Å². The molecule has 0 bridgehead atoms. The molecule has 0 fully saturated rings. The summed E-state index contributed by atoms with van der Waals surface area (Å²) in [6, 6.07) is -0.0595. The van der Waals surface area contributed by atoms with Gasteiger partial charge < -0.3 is 15.3 Å². The summed E-state index contributed by atoms with van der Waals surface area (Å²) in [6.07, 6.45) is 5.66. The predicted octanol–water partition coefficient (Wildman–Crippen LogP) is 3.63. The number of urea groups is 1. The minimum atomic E-state index is -0.885. The highest BCUT2D eigenvalue weighted by molar-refractivity contribution is 5.76. The van der Waals surface area contributed by atoms with E-state index >= 15 is 0 Å². The van der Waals surface area contributed by atoms with E-state index in [-0.39, 0.29) is 30.6 Å². The van der Waals surface area contributed by atoms with E-state index in [0.717, 1.165) is 12.8 Å². The number of carboxylic acid groups (broad SMARTS) is 1. The van der Waals surface area contributed by atoms with Crippen molar-refractivity contribution in [1.82, 2.24) is 10.2 Å². The van der Waals surface area contributed by atoms with E-state index in [1.807, 2.05) is 27.7 Å². The summed E-state index contributed by atoms with van der Waals surface area (Å²) in [5.41, 5.74) is -0.387. The van der Waals surface area contributed by atoms with Crippen LogP contribution in [0.1, 0.15) is 73.1 Å². The average Bonchev–Trinajstić information content (AvgIpc) is 2.32. The number of carbonyl (C=O) groups is 2. The van der Waals surface area contributed by atoms with Crippen molar-refractivity contribution in [3.8, 4) is 0 Å². The molecule has 0 spiro atoms. The number of hydrogen-bond donors (Lipinski definition) is 2. The summed E-state index contributed by atoms with van der Waals surface area (Å²) < 4.78 is 0. The van der Waals surface area contributed by atoms with Gasteiger partial charge in [-0.1, -0.05) is 32.6 Å². The third kappa shape index (κ3) is 9.32. The molecule has 2 N–H and O–H groups in total. The maximum atomic E-state index is 12.3. The molecule has 0 saturated carbocycles. The highest BCUT2D eigenvalue weighted by Crippen LogP contribution is 2.15. The van der Waals surface area contributed by atoms with E-state index in [9.17, 15) is 9.59 Å². The van der Waals surface area contributed by atoms with Crippen LogP contribution in [0.15, 0.2) is 0 Å². The van der Waals surface area contributed by atoms with E-state index < -0.39 is 5.97 Å². The second-order valence-electron chi connectivity index (χ2n) is 6.67. The Morgan fingerprint density at radius 2 is 1.81 bits per heavy atom. The Bertz CT molecular complexity index is 324. The molecule has 5 nitrogen and oxygen atoms in total. The molecule has 0 saturated heterocycles. The average molecular weight is 300 g/mol. The minimum Gasteiger partial charge on any atom is -0.481 e. The molecule has 0 aliphatic heterocycles. The number of rotatable bonds is 9. The molecule has 1 unspecified atom stereocenters. The van der Waals surface area contributed by atoms with Crippen LogP contribution in [0.3, 0.4) is 0 Å². The number of carbonyl (C=O) groups excluding carboxylic acids is 1. The van der Waals surface area contributed by atoms with Crippen LogP contribution in [0, 0.1) is 0 Å². The van der Waals surface area contributed by atoms with Crippen LogP contribution in [0.2, 0.25) is 0 Å². The van der Waals surface area contributed by atoms with Crippen molar-refractivity contribution in [3.63, 3.8) is 0 Å². The molecule has 0 aliphatic rings.